The number of hydrogen-bond acceptors (Lipinski definition) is 0. The van der Waals surface area contributed by atoms with E-state index in [-0.39, 0.29) is 5.88 Å². The fourth-order valence-corrected chi connectivity index (χ4v) is 0.828. The number of rotatable bonds is 2. The van der Waals surface area contributed by atoms with Crippen LogP contribution in [0.3, 0.4) is 0 Å². The first kappa shape index (κ1) is 7.99. The third kappa shape index (κ3) is 3.56. The van der Waals surface area contributed by atoms with E-state index in [4.69, 9.17) is 23.2 Å². The van der Waals surface area contributed by atoms with Gasteiger partial charge >= 0.3 is 0 Å². The van der Waals surface area contributed by atoms with Crippen LogP contribution in [0.25, 0.3) is 0 Å². The summed E-state index contributed by atoms with van der Waals surface area (Å²) in [6, 6.07) is 0. The molecule has 0 bridgehead atoms. The first-order valence-corrected chi connectivity index (χ1v) is 3.55. The third-order valence-corrected chi connectivity index (χ3v) is 1.56. The summed E-state index contributed by atoms with van der Waals surface area (Å²) in [5.74, 6) is -0.0561. The lowest BCUT2D eigenvalue weighted by atomic mass is 10.5. The quantitative estimate of drug-likeness (QED) is 0.614. The van der Waals surface area contributed by atoms with E-state index in [0.29, 0.717) is 0 Å². The minimum Gasteiger partial charge on any atom is -0.244 e. The summed E-state index contributed by atoms with van der Waals surface area (Å²) < 4.78 is 11.3. The van der Waals surface area contributed by atoms with Crippen molar-refractivity contribution in [2.45, 2.75) is 10.5 Å². The van der Waals surface area contributed by atoms with Crippen LogP contribution in [-0.2, 0) is 0 Å². The molecule has 0 amide bonds. The largest absolute Gasteiger partial charge is 0.244 e. The second-order valence-electron chi connectivity index (χ2n) is 1.00. The van der Waals surface area contributed by atoms with Gasteiger partial charge in [-0.2, -0.15) is 0 Å². The number of alkyl halides is 4. The molecule has 0 aliphatic rings. The minimum atomic E-state index is -1.15. The summed E-state index contributed by atoms with van der Waals surface area (Å²) in [5.41, 5.74) is 0. The van der Waals surface area contributed by atoms with Gasteiger partial charge in [-0.1, -0.05) is 15.9 Å². The van der Waals surface area contributed by atoms with Gasteiger partial charge in [0.2, 0.25) is 0 Å². The molecule has 2 atom stereocenters. The van der Waals surface area contributed by atoms with E-state index in [1.54, 1.807) is 0 Å². The van der Waals surface area contributed by atoms with Crippen molar-refractivity contribution >= 4 is 39.1 Å². The van der Waals surface area contributed by atoms with Crippen molar-refractivity contribution in [1.82, 2.24) is 0 Å². The van der Waals surface area contributed by atoms with Crippen molar-refractivity contribution in [1.29, 1.82) is 0 Å². The van der Waals surface area contributed by atoms with Gasteiger partial charge in [-0.25, -0.2) is 4.39 Å². The van der Waals surface area contributed by atoms with Crippen LogP contribution < -0.4 is 0 Å². The van der Waals surface area contributed by atoms with Crippen LogP contribution in [0.15, 0.2) is 0 Å². The average Bonchev–Trinajstić information content (AvgIpc) is 1.65. The Labute approximate surface area is 60.1 Å². The molecule has 0 saturated carbocycles. The molecule has 0 aliphatic carbocycles. The van der Waals surface area contributed by atoms with E-state index in [0.717, 1.165) is 0 Å². The van der Waals surface area contributed by atoms with Crippen LogP contribution in [0.4, 0.5) is 4.39 Å². The topological polar surface area (TPSA) is 0 Å². The monoisotopic (exact) mass is 208 g/mol. The molecule has 0 aromatic rings. The molecule has 0 aromatic carbocycles. The molecule has 4 heteroatoms. The van der Waals surface area contributed by atoms with Crippen LogP contribution in [-0.4, -0.2) is 16.3 Å². The summed E-state index contributed by atoms with van der Waals surface area (Å²) in [6.45, 7) is 0. The van der Waals surface area contributed by atoms with Crippen LogP contribution in [0, 0.1) is 0 Å². The molecule has 0 N–H and O–H groups in total. The summed E-state index contributed by atoms with van der Waals surface area (Å²) in [7, 11) is 0. The average molecular weight is 210 g/mol. The highest BCUT2D eigenvalue weighted by Crippen LogP contribution is 2.14. The minimum absolute atomic E-state index is 0.0561. The summed E-state index contributed by atoms with van der Waals surface area (Å²) in [4.78, 5) is 0. The van der Waals surface area contributed by atoms with Gasteiger partial charge in [0, 0.05) is 0 Å². The maximum Gasteiger partial charge on any atom is 0.140 e. The lowest BCUT2D eigenvalue weighted by molar-refractivity contribution is 0.391. The van der Waals surface area contributed by atoms with Crippen LogP contribution >= 0.6 is 39.1 Å². The van der Waals surface area contributed by atoms with Crippen molar-refractivity contribution in [3.63, 3.8) is 0 Å². The fourth-order valence-electron chi connectivity index (χ4n) is 0.0673. The second-order valence-corrected chi connectivity index (χ2v) is 3.30. The first-order chi connectivity index (χ1) is 3.18. The third-order valence-electron chi connectivity index (χ3n) is 0.421. The van der Waals surface area contributed by atoms with Gasteiger partial charge in [0.05, 0.1) is 5.88 Å². The zero-order chi connectivity index (χ0) is 5.86. The summed E-state index contributed by atoms with van der Waals surface area (Å²) in [5, 5.41) is 0. The summed E-state index contributed by atoms with van der Waals surface area (Å²) >= 11 is 13.0. The Hall–Kier alpha value is 0.990. The second kappa shape index (κ2) is 3.93. The highest BCUT2D eigenvalue weighted by atomic mass is 79.9. The van der Waals surface area contributed by atoms with Gasteiger partial charge in [-0.05, 0) is 0 Å². The molecule has 0 aliphatic heterocycles. The van der Waals surface area contributed by atoms with Gasteiger partial charge in [-0.3, -0.25) is 0 Å². The van der Waals surface area contributed by atoms with Crippen molar-refractivity contribution in [3.8, 4) is 0 Å². The van der Waals surface area contributed by atoms with E-state index in [1.807, 2.05) is 0 Å². The predicted molar refractivity (Wildman–Crippen MR) is 34.2 cm³/mol. The standard InChI is InChI=1S/C3H4BrCl2F/c4-3(6)2(7)1-5/h2-3H,1H2. The van der Waals surface area contributed by atoms with Gasteiger partial charge in [0.25, 0.3) is 0 Å². The highest BCUT2D eigenvalue weighted by molar-refractivity contribution is 9.10. The van der Waals surface area contributed by atoms with E-state index >= 15 is 0 Å². The predicted octanol–water partition coefficient (Wildman–Crippen LogP) is 2.52. The maximum atomic E-state index is 11.9. The lowest BCUT2D eigenvalue weighted by Crippen LogP contribution is -2.09. The van der Waals surface area contributed by atoms with E-state index in [9.17, 15) is 4.39 Å². The maximum absolute atomic E-state index is 11.9. The molecule has 0 aromatic heterocycles. The normalized spacial score (nSPS) is 18.9. The van der Waals surface area contributed by atoms with Crippen molar-refractivity contribution < 1.29 is 4.39 Å². The van der Waals surface area contributed by atoms with Crippen molar-refractivity contribution in [2.24, 2.45) is 0 Å². The Bertz CT molecular complexity index is 50.2. The molecule has 7 heavy (non-hydrogen) atoms. The molecule has 0 heterocycles. The van der Waals surface area contributed by atoms with Crippen LogP contribution in [0.2, 0.25) is 0 Å². The van der Waals surface area contributed by atoms with Crippen LogP contribution in [0.5, 0.6) is 0 Å². The summed E-state index contributed by atoms with van der Waals surface area (Å²) in [6.07, 6.45) is -1.15. The van der Waals surface area contributed by atoms with E-state index < -0.39 is 10.5 Å². The molecule has 0 spiro atoms. The molecular weight excluding hydrogens is 206 g/mol. The molecular formula is C3H4BrCl2F. The fraction of sp³-hybridized carbons (Fsp3) is 1.00. The Kier molecular flexibility index (Phi) is 4.48. The molecule has 2 unspecified atom stereocenters. The van der Waals surface area contributed by atoms with Crippen molar-refractivity contribution in [3.05, 3.63) is 0 Å². The first-order valence-electron chi connectivity index (χ1n) is 1.66. The molecule has 0 saturated heterocycles. The lowest BCUT2D eigenvalue weighted by Gasteiger charge is -2.00. The van der Waals surface area contributed by atoms with E-state index in [2.05, 4.69) is 15.9 Å². The van der Waals surface area contributed by atoms with Gasteiger partial charge < -0.3 is 0 Å². The molecule has 0 nitrogen and oxygen atoms in total. The van der Waals surface area contributed by atoms with Gasteiger partial charge in [0.1, 0.15) is 10.5 Å². The zero-order valence-electron chi connectivity index (χ0n) is 3.37. The smallest absolute Gasteiger partial charge is 0.140 e. The molecule has 0 radical (unpaired) electrons. The number of halogens is 4. The van der Waals surface area contributed by atoms with Crippen LogP contribution in [0.1, 0.15) is 0 Å². The van der Waals surface area contributed by atoms with Gasteiger partial charge in [-0.15, -0.1) is 23.2 Å². The Morgan fingerprint density at radius 3 is 2.14 bits per heavy atom. The SMILES string of the molecule is FC(CCl)C(Cl)Br. The Morgan fingerprint density at radius 2 is 2.14 bits per heavy atom. The van der Waals surface area contributed by atoms with Crippen molar-refractivity contribution in [2.75, 3.05) is 5.88 Å². The molecule has 0 rings (SSSR count). The van der Waals surface area contributed by atoms with E-state index in [1.165, 1.54) is 0 Å². The van der Waals surface area contributed by atoms with Gasteiger partial charge in [0.15, 0.2) is 0 Å². The molecule has 0 fully saturated rings. The number of hydrogen-bond donors (Lipinski definition) is 0. The highest BCUT2D eigenvalue weighted by Gasteiger charge is 2.11. The molecule has 44 valence electrons. The Balaban J connectivity index is 3.14. The Morgan fingerprint density at radius 1 is 1.71 bits per heavy atom. The zero-order valence-corrected chi connectivity index (χ0v) is 6.47.